The van der Waals surface area contributed by atoms with Gasteiger partial charge in [0.25, 0.3) is 0 Å². The van der Waals surface area contributed by atoms with E-state index in [4.69, 9.17) is 11.6 Å². The molecule has 2 aliphatic carbocycles. The zero-order valence-electron chi connectivity index (χ0n) is 9.27. The Morgan fingerprint density at radius 2 is 2.29 bits per heavy atom. The largest absolute Gasteiger partial charge is 0.309 e. The topological polar surface area (TPSA) is 42.0 Å². The maximum absolute atomic E-state index is 12.1. The Balaban J connectivity index is 1.72. The third-order valence-corrected chi connectivity index (χ3v) is 3.92. The summed E-state index contributed by atoms with van der Waals surface area (Å²) in [5, 5.41) is 3.31. The van der Waals surface area contributed by atoms with Crippen LogP contribution in [0.3, 0.4) is 0 Å². The molecule has 3 nitrogen and oxygen atoms in total. The van der Waals surface area contributed by atoms with Crippen LogP contribution in [-0.2, 0) is 4.79 Å². The predicted octanol–water partition coefficient (Wildman–Crippen LogP) is 2.89. The van der Waals surface area contributed by atoms with E-state index in [-0.39, 0.29) is 11.8 Å². The fourth-order valence-electron chi connectivity index (χ4n) is 2.77. The lowest BCUT2D eigenvalue weighted by molar-refractivity contribution is -0.120. The second-order valence-corrected chi connectivity index (χ2v) is 5.12. The van der Waals surface area contributed by atoms with E-state index in [0.717, 1.165) is 12.8 Å². The summed E-state index contributed by atoms with van der Waals surface area (Å²) in [4.78, 5) is 16.2. The Kier molecular flexibility index (Phi) is 2.63. The van der Waals surface area contributed by atoms with Gasteiger partial charge in [0.15, 0.2) is 5.82 Å². The third kappa shape index (κ3) is 1.95. The number of hydrogen-bond acceptors (Lipinski definition) is 2. The smallest absolute Gasteiger partial charge is 0.229 e. The van der Waals surface area contributed by atoms with E-state index < -0.39 is 0 Å². The molecule has 17 heavy (non-hydrogen) atoms. The van der Waals surface area contributed by atoms with Gasteiger partial charge < -0.3 is 5.32 Å². The van der Waals surface area contributed by atoms with Crippen LogP contribution in [0.15, 0.2) is 30.5 Å². The molecule has 1 amide bonds. The van der Waals surface area contributed by atoms with Crippen LogP contribution in [0.1, 0.15) is 12.8 Å². The number of carbonyl (C=O) groups excluding carboxylic acids is 1. The maximum Gasteiger partial charge on any atom is 0.229 e. The predicted molar refractivity (Wildman–Crippen MR) is 66.7 cm³/mol. The van der Waals surface area contributed by atoms with Crippen LogP contribution in [0.4, 0.5) is 5.82 Å². The highest BCUT2D eigenvalue weighted by Crippen LogP contribution is 2.43. The number of hydrogen-bond donors (Lipinski definition) is 1. The molecule has 1 aromatic rings. The van der Waals surface area contributed by atoms with Gasteiger partial charge in [-0.15, -0.1) is 0 Å². The van der Waals surface area contributed by atoms with Gasteiger partial charge in [-0.3, -0.25) is 4.79 Å². The number of allylic oxidation sites excluding steroid dienone is 2. The van der Waals surface area contributed by atoms with Gasteiger partial charge >= 0.3 is 0 Å². The summed E-state index contributed by atoms with van der Waals surface area (Å²) in [6.07, 6.45) is 8.09. The van der Waals surface area contributed by atoms with Crippen molar-refractivity contribution in [1.29, 1.82) is 0 Å². The fraction of sp³-hybridized carbons (Fsp3) is 0.385. The molecule has 1 saturated carbocycles. The summed E-state index contributed by atoms with van der Waals surface area (Å²) in [6.45, 7) is 0. The number of anilines is 1. The number of amides is 1. The lowest BCUT2D eigenvalue weighted by Gasteiger charge is -2.17. The van der Waals surface area contributed by atoms with Crippen molar-refractivity contribution in [2.24, 2.45) is 17.8 Å². The average Bonchev–Trinajstić information content (AvgIpc) is 2.94. The molecular formula is C13H13ClN2O. The highest BCUT2D eigenvalue weighted by molar-refractivity contribution is 6.33. The van der Waals surface area contributed by atoms with Gasteiger partial charge in [-0.05, 0) is 36.8 Å². The third-order valence-electron chi connectivity index (χ3n) is 3.62. The minimum Gasteiger partial charge on any atom is -0.309 e. The van der Waals surface area contributed by atoms with Crippen molar-refractivity contribution in [2.75, 3.05) is 5.32 Å². The maximum atomic E-state index is 12.1. The molecule has 88 valence electrons. The first-order valence-electron chi connectivity index (χ1n) is 5.84. The van der Waals surface area contributed by atoms with Crippen LogP contribution >= 0.6 is 11.6 Å². The molecule has 0 spiro atoms. The van der Waals surface area contributed by atoms with Gasteiger partial charge in [0.2, 0.25) is 5.91 Å². The Morgan fingerprint density at radius 3 is 2.94 bits per heavy atom. The van der Waals surface area contributed by atoms with E-state index in [0.29, 0.717) is 22.7 Å². The molecule has 1 aromatic heterocycles. The van der Waals surface area contributed by atoms with Gasteiger partial charge in [-0.2, -0.15) is 0 Å². The Labute approximate surface area is 105 Å². The average molecular weight is 249 g/mol. The number of nitrogens with zero attached hydrogens (tertiary/aromatic N) is 1. The normalized spacial score (nSPS) is 29.6. The molecule has 3 atom stereocenters. The molecule has 0 aliphatic heterocycles. The van der Waals surface area contributed by atoms with Crippen LogP contribution in [0.2, 0.25) is 5.02 Å². The van der Waals surface area contributed by atoms with E-state index in [2.05, 4.69) is 22.5 Å². The van der Waals surface area contributed by atoms with Gasteiger partial charge in [0.05, 0.1) is 5.02 Å². The Morgan fingerprint density at radius 1 is 1.41 bits per heavy atom. The molecule has 3 rings (SSSR count). The molecular weight excluding hydrogens is 236 g/mol. The SMILES string of the molecule is O=C(Nc1ncccc1Cl)C1CC2C=CC1C2. The Hall–Kier alpha value is -1.35. The minimum absolute atomic E-state index is 0.0439. The quantitative estimate of drug-likeness (QED) is 0.818. The van der Waals surface area contributed by atoms with E-state index in [1.165, 1.54) is 0 Å². The summed E-state index contributed by atoms with van der Waals surface area (Å²) in [5.74, 6) is 1.59. The number of halogens is 1. The van der Waals surface area contributed by atoms with Gasteiger partial charge in [0.1, 0.15) is 0 Å². The van der Waals surface area contributed by atoms with Crippen LogP contribution < -0.4 is 5.32 Å². The van der Waals surface area contributed by atoms with Crippen molar-refractivity contribution in [3.8, 4) is 0 Å². The highest BCUT2D eigenvalue weighted by Gasteiger charge is 2.39. The summed E-state index contributed by atoms with van der Waals surface area (Å²) in [6, 6.07) is 3.48. The van der Waals surface area contributed by atoms with Crippen LogP contribution in [0, 0.1) is 17.8 Å². The molecule has 3 unspecified atom stereocenters. The van der Waals surface area contributed by atoms with Crippen molar-refractivity contribution in [3.63, 3.8) is 0 Å². The minimum atomic E-state index is 0.0439. The summed E-state index contributed by atoms with van der Waals surface area (Å²) in [7, 11) is 0. The summed E-state index contributed by atoms with van der Waals surface area (Å²) >= 11 is 5.96. The first kappa shape index (κ1) is 10.8. The number of carbonyl (C=O) groups is 1. The number of pyridine rings is 1. The summed E-state index contributed by atoms with van der Waals surface area (Å²) < 4.78 is 0. The van der Waals surface area contributed by atoms with Crippen molar-refractivity contribution in [1.82, 2.24) is 4.98 Å². The van der Waals surface area contributed by atoms with Crippen LogP contribution in [-0.4, -0.2) is 10.9 Å². The van der Waals surface area contributed by atoms with Gasteiger partial charge in [0, 0.05) is 12.1 Å². The standard InChI is InChI=1S/C13H13ClN2O/c14-11-2-1-5-15-12(11)16-13(17)10-7-8-3-4-9(10)6-8/h1-5,8-10H,6-7H2,(H,15,16,17). The zero-order valence-corrected chi connectivity index (χ0v) is 10.0. The molecule has 0 radical (unpaired) electrons. The molecule has 2 bridgehead atoms. The molecule has 0 aromatic carbocycles. The molecule has 1 heterocycles. The highest BCUT2D eigenvalue weighted by atomic mass is 35.5. The monoisotopic (exact) mass is 248 g/mol. The number of fused-ring (bicyclic) bond motifs is 2. The van der Waals surface area contributed by atoms with Crippen LogP contribution in [0.25, 0.3) is 0 Å². The molecule has 0 saturated heterocycles. The van der Waals surface area contributed by atoms with E-state index in [1.54, 1.807) is 18.3 Å². The van der Waals surface area contributed by atoms with Crippen molar-refractivity contribution in [3.05, 3.63) is 35.5 Å². The van der Waals surface area contributed by atoms with Crippen molar-refractivity contribution < 1.29 is 4.79 Å². The first-order valence-corrected chi connectivity index (χ1v) is 6.21. The zero-order chi connectivity index (χ0) is 11.8. The van der Waals surface area contributed by atoms with Crippen molar-refractivity contribution in [2.45, 2.75) is 12.8 Å². The number of aromatic nitrogens is 1. The first-order chi connectivity index (χ1) is 8.24. The Bertz CT molecular complexity index is 486. The van der Waals surface area contributed by atoms with E-state index >= 15 is 0 Å². The molecule has 2 aliphatic rings. The fourth-order valence-corrected chi connectivity index (χ4v) is 2.94. The molecule has 1 fully saturated rings. The lowest BCUT2D eigenvalue weighted by atomic mass is 9.93. The molecule has 4 heteroatoms. The van der Waals surface area contributed by atoms with Crippen molar-refractivity contribution >= 4 is 23.3 Å². The lowest BCUT2D eigenvalue weighted by Crippen LogP contribution is -2.26. The number of nitrogens with one attached hydrogen (secondary N) is 1. The summed E-state index contributed by atoms with van der Waals surface area (Å²) in [5.41, 5.74) is 0. The molecule has 1 N–H and O–H groups in total. The number of rotatable bonds is 2. The van der Waals surface area contributed by atoms with E-state index in [9.17, 15) is 4.79 Å². The second-order valence-electron chi connectivity index (χ2n) is 4.71. The van der Waals surface area contributed by atoms with Crippen LogP contribution in [0.5, 0.6) is 0 Å². The second kappa shape index (κ2) is 4.15. The van der Waals surface area contributed by atoms with Gasteiger partial charge in [-0.1, -0.05) is 23.8 Å². The van der Waals surface area contributed by atoms with E-state index in [1.807, 2.05) is 0 Å². The van der Waals surface area contributed by atoms with Gasteiger partial charge in [-0.25, -0.2) is 4.98 Å².